The number of carbonyl (C=O) groups is 1. The van der Waals surface area contributed by atoms with E-state index >= 15 is 0 Å². The van der Waals surface area contributed by atoms with E-state index in [-0.39, 0.29) is 6.47 Å². The average Bonchev–Trinajstić information content (AvgIpc) is 2.57. The number of hydrogen-bond acceptors (Lipinski definition) is 3. The van der Waals surface area contributed by atoms with E-state index < -0.39 is 0 Å². The number of benzene rings is 1. The largest absolute Gasteiger partial charge is 0.497 e. The van der Waals surface area contributed by atoms with Gasteiger partial charge in [-0.25, -0.2) is 0 Å². The summed E-state index contributed by atoms with van der Waals surface area (Å²) in [6.07, 6.45) is 7.81. The number of rotatable bonds is 3. The number of hydrogen-bond donors (Lipinski definition) is 2. The van der Waals surface area contributed by atoms with Crippen molar-refractivity contribution in [1.29, 1.82) is 0 Å². The fraction of sp³-hybridized carbons (Fsp3) is 0.500. The number of nitrogens with one attached hydrogen (secondary N) is 1. The average molecular weight is 303 g/mol. The third-order valence-electron chi connectivity index (χ3n) is 4.47. The minimum absolute atomic E-state index is 0.250. The fourth-order valence-electron chi connectivity index (χ4n) is 3.41. The molecule has 4 heteroatoms. The van der Waals surface area contributed by atoms with Gasteiger partial charge in [0, 0.05) is 6.04 Å². The zero-order valence-corrected chi connectivity index (χ0v) is 13.2. The van der Waals surface area contributed by atoms with Crippen molar-refractivity contribution in [3.05, 3.63) is 41.0 Å². The Labute approximate surface area is 132 Å². The van der Waals surface area contributed by atoms with E-state index in [0.717, 1.165) is 18.7 Å². The summed E-state index contributed by atoms with van der Waals surface area (Å²) in [5.74, 6) is 0.943. The molecule has 2 aliphatic rings. The number of ether oxygens (including phenoxy) is 1. The highest BCUT2D eigenvalue weighted by Crippen LogP contribution is 2.32. The second-order valence-corrected chi connectivity index (χ2v) is 5.75. The number of carboxylic acid groups (broad SMARTS) is 1. The number of methoxy groups -OCH3 is 1. The Kier molecular flexibility index (Phi) is 6.46. The van der Waals surface area contributed by atoms with Crippen LogP contribution < -0.4 is 10.1 Å². The molecule has 0 saturated heterocycles. The van der Waals surface area contributed by atoms with Crippen molar-refractivity contribution in [2.45, 2.75) is 44.6 Å². The highest BCUT2D eigenvalue weighted by atomic mass is 16.5. The molecular weight excluding hydrogens is 278 g/mol. The lowest BCUT2D eigenvalue weighted by atomic mass is 9.81. The molecule has 1 heterocycles. The molecule has 0 amide bonds. The summed E-state index contributed by atoms with van der Waals surface area (Å²) >= 11 is 0. The second kappa shape index (κ2) is 8.59. The summed E-state index contributed by atoms with van der Waals surface area (Å²) in [6.45, 7) is 0.902. The topological polar surface area (TPSA) is 58.6 Å². The molecule has 1 unspecified atom stereocenters. The van der Waals surface area contributed by atoms with Crippen LogP contribution in [0.4, 0.5) is 0 Å². The van der Waals surface area contributed by atoms with E-state index in [1.165, 1.54) is 37.7 Å². The Morgan fingerprint density at radius 1 is 1.23 bits per heavy atom. The van der Waals surface area contributed by atoms with Gasteiger partial charge in [-0.1, -0.05) is 23.3 Å². The molecule has 1 aromatic rings. The maximum atomic E-state index is 8.36. The van der Waals surface area contributed by atoms with Crippen LogP contribution in [0.5, 0.6) is 5.75 Å². The first-order chi connectivity index (χ1) is 10.8. The first-order valence-corrected chi connectivity index (χ1v) is 7.93. The van der Waals surface area contributed by atoms with E-state index in [9.17, 15) is 0 Å². The van der Waals surface area contributed by atoms with Crippen LogP contribution in [-0.4, -0.2) is 31.3 Å². The van der Waals surface area contributed by atoms with Crippen molar-refractivity contribution < 1.29 is 14.6 Å². The molecular formula is C18H25NO3. The maximum absolute atomic E-state index is 8.36. The van der Waals surface area contributed by atoms with E-state index in [1.54, 1.807) is 18.3 Å². The van der Waals surface area contributed by atoms with E-state index in [1.807, 2.05) is 0 Å². The van der Waals surface area contributed by atoms with Crippen LogP contribution in [0.15, 0.2) is 35.4 Å². The SMILES string of the molecule is COc1ccc(CC2NCCC3=C2CCCC3)cc1.O=CO. The quantitative estimate of drug-likeness (QED) is 0.665. The molecule has 2 N–H and O–H groups in total. The lowest BCUT2D eigenvalue weighted by Crippen LogP contribution is -2.39. The molecule has 0 radical (unpaired) electrons. The predicted octanol–water partition coefficient (Wildman–Crippen LogP) is 3.17. The van der Waals surface area contributed by atoms with Crippen molar-refractivity contribution >= 4 is 6.47 Å². The van der Waals surface area contributed by atoms with Crippen LogP contribution >= 0.6 is 0 Å². The van der Waals surface area contributed by atoms with Crippen molar-refractivity contribution in [1.82, 2.24) is 5.32 Å². The summed E-state index contributed by atoms with van der Waals surface area (Å²) in [5.41, 5.74) is 4.87. The van der Waals surface area contributed by atoms with Crippen LogP contribution in [0.25, 0.3) is 0 Å². The highest BCUT2D eigenvalue weighted by Gasteiger charge is 2.24. The molecule has 22 heavy (non-hydrogen) atoms. The van der Waals surface area contributed by atoms with Gasteiger partial charge < -0.3 is 15.2 Å². The molecule has 0 bridgehead atoms. The predicted molar refractivity (Wildman–Crippen MR) is 87.3 cm³/mol. The second-order valence-electron chi connectivity index (χ2n) is 5.75. The fourth-order valence-corrected chi connectivity index (χ4v) is 3.41. The van der Waals surface area contributed by atoms with Gasteiger partial charge in [-0.05, 0) is 62.8 Å². The van der Waals surface area contributed by atoms with Gasteiger partial charge in [-0.15, -0.1) is 0 Å². The lowest BCUT2D eigenvalue weighted by Gasteiger charge is -2.33. The normalized spacial score (nSPS) is 20.5. The summed E-state index contributed by atoms with van der Waals surface area (Å²) in [7, 11) is 1.72. The molecule has 1 aromatic carbocycles. The van der Waals surface area contributed by atoms with Gasteiger partial charge in [0.15, 0.2) is 0 Å². The van der Waals surface area contributed by atoms with Gasteiger partial charge in [-0.3, -0.25) is 4.79 Å². The summed E-state index contributed by atoms with van der Waals surface area (Å²) < 4.78 is 5.22. The Bertz CT molecular complexity index is 504. The molecule has 120 valence electrons. The van der Waals surface area contributed by atoms with Crippen LogP contribution in [-0.2, 0) is 11.2 Å². The van der Waals surface area contributed by atoms with Crippen LogP contribution in [0.3, 0.4) is 0 Å². The maximum Gasteiger partial charge on any atom is 0.290 e. The van der Waals surface area contributed by atoms with Crippen LogP contribution in [0, 0.1) is 0 Å². The molecule has 0 aromatic heterocycles. The van der Waals surface area contributed by atoms with Gasteiger partial charge in [0.2, 0.25) is 0 Å². The van der Waals surface area contributed by atoms with Crippen LogP contribution in [0.2, 0.25) is 0 Å². The molecule has 1 aliphatic carbocycles. The zero-order chi connectivity index (χ0) is 15.8. The summed E-state index contributed by atoms with van der Waals surface area (Å²) in [4.78, 5) is 8.36. The molecule has 0 spiro atoms. The lowest BCUT2D eigenvalue weighted by molar-refractivity contribution is -0.122. The zero-order valence-electron chi connectivity index (χ0n) is 13.2. The van der Waals surface area contributed by atoms with Gasteiger partial charge in [0.05, 0.1) is 7.11 Å². The minimum Gasteiger partial charge on any atom is -0.497 e. The monoisotopic (exact) mass is 303 g/mol. The Hall–Kier alpha value is -1.81. The first-order valence-electron chi connectivity index (χ1n) is 7.93. The van der Waals surface area contributed by atoms with Gasteiger partial charge >= 0.3 is 0 Å². The molecule has 0 saturated carbocycles. The van der Waals surface area contributed by atoms with E-state index in [2.05, 4.69) is 29.6 Å². The van der Waals surface area contributed by atoms with Crippen LogP contribution in [0.1, 0.15) is 37.7 Å². The molecule has 1 atom stereocenters. The standard InChI is InChI=1S/C17H23NO.CH2O2/c1-19-15-8-6-13(7-9-15)12-17-16-5-3-2-4-14(16)10-11-18-17;2-1-3/h6-9,17-18H,2-5,10-12H2,1H3;1H,(H,2,3). The Balaban J connectivity index is 0.000000545. The van der Waals surface area contributed by atoms with Crippen molar-refractivity contribution in [3.63, 3.8) is 0 Å². The van der Waals surface area contributed by atoms with Gasteiger partial charge in [0.1, 0.15) is 5.75 Å². The highest BCUT2D eigenvalue weighted by molar-refractivity contribution is 5.33. The van der Waals surface area contributed by atoms with E-state index in [4.69, 9.17) is 14.6 Å². The summed E-state index contributed by atoms with van der Waals surface area (Å²) in [6, 6.07) is 9.08. The van der Waals surface area contributed by atoms with Gasteiger partial charge in [-0.2, -0.15) is 0 Å². The van der Waals surface area contributed by atoms with Crippen molar-refractivity contribution in [3.8, 4) is 5.75 Å². The Morgan fingerprint density at radius 2 is 1.91 bits per heavy atom. The third-order valence-corrected chi connectivity index (χ3v) is 4.47. The van der Waals surface area contributed by atoms with Crippen molar-refractivity contribution in [2.24, 2.45) is 0 Å². The smallest absolute Gasteiger partial charge is 0.290 e. The molecule has 4 nitrogen and oxygen atoms in total. The first kappa shape index (κ1) is 16.6. The summed E-state index contributed by atoms with van der Waals surface area (Å²) in [5, 5.41) is 10.6. The van der Waals surface area contributed by atoms with E-state index in [0.29, 0.717) is 6.04 Å². The molecule has 0 fully saturated rings. The van der Waals surface area contributed by atoms with Crippen molar-refractivity contribution in [2.75, 3.05) is 13.7 Å². The molecule has 3 rings (SSSR count). The Morgan fingerprint density at radius 3 is 2.59 bits per heavy atom. The van der Waals surface area contributed by atoms with Gasteiger partial charge in [0.25, 0.3) is 6.47 Å². The third kappa shape index (κ3) is 4.34. The molecule has 1 aliphatic heterocycles. The minimum atomic E-state index is -0.250.